The maximum Gasteiger partial charge on any atom is 0.0506 e. The lowest BCUT2D eigenvalue weighted by Gasteiger charge is -2.48. The van der Waals surface area contributed by atoms with E-state index in [2.05, 4.69) is 57.0 Å². The minimum atomic E-state index is 0.146. The second-order valence-corrected chi connectivity index (χ2v) is 5.96. The van der Waals surface area contributed by atoms with E-state index in [1.54, 1.807) is 0 Å². The SMILES string of the molecule is CCNC(c1ccc(Cl)cc1)C(CC)(CC)N(CC)CC. The van der Waals surface area contributed by atoms with E-state index in [4.69, 9.17) is 11.6 Å². The molecule has 1 atom stereocenters. The average molecular weight is 311 g/mol. The fourth-order valence-electron chi connectivity index (χ4n) is 3.62. The van der Waals surface area contributed by atoms with Crippen LogP contribution in [-0.4, -0.2) is 30.1 Å². The molecule has 1 aromatic carbocycles. The summed E-state index contributed by atoms with van der Waals surface area (Å²) in [4.78, 5) is 2.61. The van der Waals surface area contributed by atoms with Crippen LogP contribution < -0.4 is 5.32 Å². The summed E-state index contributed by atoms with van der Waals surface area (Å²) in [6.45, 7) is 14.4. The van der Waals surface area contributed by atoms with Gasteiger partial charge in [-0.3, -0.25) is 4.90 Å². The van der Waals surface area contributed by atoms with E-state index in [1.807, 2.05) is 12.1 Å². The van der Waals surface area contributed by atoms with Gasteiger partial charge in [-0.1, -0.05) is 58.4 Å². The van der Waals surface area contributed by atoms with Gasteiger partial charge in [0, 0.05) is 10.6 Å². The number of nitrogens with zero attached hydrogens (tertiary/aromatic N) is 1. The molecule has 0 bridgehead atoms. The van der Waals surface area contributed by atoms with Crippen molar-refractivity contribution >= 4 is 11.6 Å². The molecule has 1 aromatic rings. The highest BCUT2D eigenvalue weighted by Crippen LogP contribution is 2.37. The zero-order valence-electron chi connectivity index (χ0n) is 14.2. The minimum Gasteiger partial charge on any atom is -0.309 e. The summed E-state index contributed by atoms with van der Waals surface area (Å²) in [5.41, 5.74) is 1.48. The van der Waals surface area contributed by atoms with Gasteiger partial charge < -0.3 is 5.32 Å². The Bertz CT molecular complexity index is 394. The molecule has 0 saturated heterocycles. The van der Waals surface area contributed by atoms with E-state index in [1.165, 1.54) is 5.56 Å². The summed E-state index contributed by atoms with van der Waals surface area (Å²) in [5, 5.41) is 4.53. The van der Waals surface area contributed by atoms with Gasteiger partial charge in [0.15, 0.2) is 0 Å². The topological polar surface area (TPSA) is 15.3 Å². The first kappa shape index (κ1) is 18.5. The molecule has 0 heterocycles. The second-order valence-electron chi connectivity index (χ2n) is 5.53. The Hall–Kier alpha value is -0.570. The van der Waals surface area contributed by atoms with Crippen LogP contribution in [0.25, 0.3) is 0 Å². The Morgan fingerprint density at radius 3 is 1.90 bits per heavy atom. The van der Waals surface area contributed by atoms with Gasteiger partial charge in [0.1, 0.15) is 0 Å². The van der Waals surface area contributed by atoms with E-state index in [0.29, 0.717) is 6.04 Å². The van der Waals surface area contributed by atoms with Crippen LogP contribution in [-0.2, 0) is 0 Å². The molecule has 0 aliphatic rings. The van der Waals surface area contributed by atoms with Gasteiger partial charge in [-0.25, -0.2) is 0 Å². The van der Waals surface area contributed by atoms with Crippen molar-refractivity contribution in [3.05, 3.63) is 34.9 Å². The van der Waals surface area contributed by atoms with Crippen LogP contribution in [0.3, 0.4) is 0 Å². The molecule has 1 N–H and O–H groups in total. The summed E-state index contributed by atoms with van der Waals surface area (Å²) in [7, 11) is 0. The molecule has 0 aromatic heterocycles. The van der Waals surface area contributed by atoms with Crippen LogP contribution in [0.2, 0.25) is 5.02 Å². The number of likely N-dealkylation sites (N-methyl/N-ethyl adjacent to an activating group) is 2. The fraction of sp³-hybridized carbons (Fsp3) is 0.667. The highest BCUT2D eigenvalue weighted by atomic mass is 35.5. The first-order chi connectivity index (χ1) is 10.1. The standard InChI is InChI=1S/C18H31ClN2/c1-6-18(7-2,21(9-4)10-5)17(20-8-3)15-11-13-16(19)14-12-15/h11-14,17,20H,6-10H2,1-5H3. The molecule has 0 fully saturated rings. The van der Waals surface area contributed by atoms with Crippen LogP contribution >= 0.6 is 11.6 Å². The predicted octanol–water partition coefficient (Wildman–Crippen LogP) is 4.89. The average Bonchev–Trinajstić information content (AvgIpc) is 2.52. The molecule has 2 nitrogen and oxygen atoms in total. The van der Waals surface area contributed by atoms with Crippen LogP contribution in [0.4, 0.5) is 0 Å². The van der Waals surface area contributed by atoms with Crippen molar-refractivity contribution in [1.29, 1.82) is 0 Å². The number of nitrogens with one attached hydrogen (secondary N) is 1. The first-order valence-electron chi connectivity index (χ1n) is 8.33. The number of halogens is 1. The zero-order valence-corrected chi connectivity index (χ0v) is 15.0. The molecule has 21 heavy (non-hydrogen) atoms. The van der Waals surface area contributed by atoms with Crippen molar-refractivity contribution in [3.8, 4) is 0 Å². The second kappa shape index (κ2) is 8.77. The molecular formula is C18H31ClN2. The molecular weight excluding hydrogens is 280 g/mol. The molecule has 120 valence electrons. The van der Waals surface area contributed by atoms with E-state index < -0.39 is 0 Å². The normalized spacial score (nSPS) is 13.7. The summed E-state index contributed by atoms with van der Waals surface area (Å²) >= 11 is 6.06. The molecule has 0 amide bonds. The number of hydrogen-bond donors (Lipinski definition) is 1. The smallest absolute Gasteiger partial charge is 0.0506 e. The van der Waals surface area contributed by atoms with E-state index >= 15 is 0 Å². The van der Waals surface area contributed by atoms with Crippen LogP contribution in [0.1, 0.15) is 59.1 Å². The Balaban J connectivity index is 3.28. The van der Waals surface area contributed by atoms with E-state index in [9.17, 15) is 0 Å². The zero-order chi connectivity index (χ0) is 15.9. The monoisotopic (exact) mass is 310 g/mol. The first-order valence-corrected chi connectivity index (χ1v) is 8.71. The maximum atomic E-state index is 6.06. The Labute approximate surface area is 135 Å². The quantitative estimate of drug-likeness (QED) is 0.698. The molecule has 0 spiro atoms. The molecule has 1 unspecified atom stereocenters. The lowest BCUT2D eigenvalue weighted by molar-refractivity contribution is 0.0493. The van der Waals surface area contributed by atoms with Gasteiger partial charge in [-0.05, 0) is 50.2 Å². The number of hydrogen-bond acceptors (Lipinski definition) is 2. The largest absolute Gasteiger partial charge is 0.309 e. The highest BCUT2D eigenvalue weighted by Gasteiger charge is 2.40. The molecule has 0 radical (unpaired) electrons. The van der Waals surface area contributed by atoms with Gasteiger partial charge in [-0.15, -0.1) is 0 Å². The van der Waals surface area contributed by atoms with E-state index in [-0.39, 0.29) is 5.54 Å². The lowest BCUT2D eigenvalue weighted by Crippen LogP contribution is -2.56. The van der Waals surface area contributed by atoms with Crippen molar-refractivity contribution in [2.75, 3.05) is 19.6 Å². The third-order valence-corrected chi connectivity index (χ3v) is 5.02. The van der Waals surface area contributed by atoms with Crippen molar-refractivity contribution in [2.45, 2.75) is 59.0 Å². The van der Waals surface area contributed by atoms with Crippen LogP contribution in [0.5, 0.6) is 0 Å². The number of benzene rings is 1. The maximum absolute atomic E-state index is 6.06. The third-order valence-electron chi connectivity index (χ3n) is 4.77. The Morgan fingerprint density at radius 2 is 1.52 bits per heavy atom. The summed E-state index contributed by atoms with van der Waals surface area (Å²) in [6, 6.07) is 8.66. The molecule has 0 saturated carbocycles. The van der Waals surface area contributed by atoms with Gasteiger partial charge in [0.05, 0.1) is 6.04 Å². The molecule has 0 aliphatic heterocycles. The Morgan fingerprint density at radius 1 is 1.00 bits per heavy atom. The van der Waals surface area contributed by atoms with Crippen molar-refractivity contribution < 1.29 is 0 Å². The summed E-state index contributed by atoms with van der Waals surface area (Å²) < 4.78 is 0. The van der Waals surface area contributed by atoms with Gasteiger partial charge in [0.2, 0.25) is 0 Å². The van der Waals surface area contributed by atoms with E-state index in [0.717, 1.165) is 37.5 Å². The lowest BCUT2D eigenvalue weighted by atomic mass is 9.79. The molecule has 3 heteroatoms. The third kappa shape index (κ3) is 4.00. The van der Waals surface area contributed by atoms with Gasteiger partial charge in [-0.2, -0.15) is 0 Å². The molecule has 0 aliphatic carbocycles. The summed E-state index contributed by atoms with van der Waals surface area (Å²) in [5.74, 6) is 0. The summed E-state index contributed by atoms with van der Waals surface area (Å²) in [6.07, 6.45) is 2.26. The van der Waals surface area contributed by atoms with Crippen molar-refractivity contribution in [3.63, 3.8) is 0 Å². The van der Waals surface area contributed by atoms with Gasteiger partial charge in [0.25, 0.3) is 0 Å². The minimum absolute atomic E-state index is 0.146. The number of rotatable bonds is 9. The Kier molecular flexibility index (Phi) is 7.72. The fourth-order valence-corrected chi connectivity index (χ4v) is 3.74. The van der Waals surface area contributed by atoms with Crippen LogP contribution in [0.15, 0.2) is 24.3 Å². The predicted molar refractivity (Wildman–Crippen MR) is 94.1 cm³/mol. The van der Waals surface area contributed by atoms with Crippen LogP contribution in [0, 0.1) is 0 Å². The van der Waals surface area contributed by atoms with Gasteiger partial charge >= 0.3 is 0 Å². The highest BCUT2D eigenvalue weighted by molar-refractivity contribution is 6.30. The molecule has 1 rings (SSSR count). The van der Waals surface area contributed by atoms with Crippen molar-refractivity contribution in [2.24, 2.45) is 0 Å². The van der Waals surface area contributed by atoms with Crippen molar-refractivity contribution in [1.82, 2.24) is 10.2 Å².